The maximum absolute atomic E-state index is 11.6. The van der Waals surface area contributed by atoms with E-state index >= 15 is 0 Å². The maximum Gasteiger partial charge on any atom is 0.337 e. The van der Waals surface area contributed by atoms with Crippen LogP contribution in [0.2, 0.25) is 0 Å². The van der Waals surface area contributed by atoms with Crippen LogP contribution in [0.4, 0.5) is 5.69 Å². The largest absolute Gasteiger partial charge is 0.465 e. The van der Waals surface area contributed by atoms with Crippen LogP contribution in [0.15, 0.2) is 23.2 Å². The molecule has 1 fully saturated rings. The van der Waals surface area contributed by atoms with Crippen molar-refractivity contribution >= 4 is 41.0 Å². The maximum atomic E-state index is 11.6. The number of aryl methyl sites for hydroxylation is 1. The number of halogens is 1. The molecular weight excluding hydrogens is 332 g/mol. The van der Waals surface area contributed by atoms with Crippen molar-refractivity contribution in [2.45, 2.75) is 33.2 Å². The van der Waals surface area contributed by atoms with Gasteiger partial charge in [-0.05, 0) is 36.6 Å². The summed E-state index contributed by atoms with van der Waals surface area (Å²) in [7, 11) is 3.51. The molecule has 1 aliphatic heterocycles. The molecule has 1 saturated heterocycles. The van der Waals surface area contributed by atoms with Crippen molar-refractivity contribution < 1.29 is 9.53 Å². The molecule has 2 atom stereocenters. The molecule has 0 aliphatic carbocycles. The second-order valence-corrected chi connectivity index (χ2v) is 6.75. The van der Waals surface area contributed by atoms with E-state index < -0.39 is 0 Å². The minimum atomic E-state index is -0.313. The second kappa shape index (κ2) is 8.60. The van der Waals surface area contributed by atoms with Crippen molar-refractivity contribution in [1.82, 2.24) is 4.90 Å². The van der Waals surface area contributed by atoms with Crippen LogP contribution in [0.1, 0.15) is 36.2 Å². The van der Waals surface area contributed by atoms with Gasteiger partial charge in [0.1, 0.15) is 0 Å². The van der Waals surface area contributed by atoms with E-state index in [9.17, 15) is 4.79 Å². The Bertz CT molecular complexity index is 592. The number of esters is 1. The quantitative estimate of drug-likeness (QED) is 0.755. The van der Waals surface area contributed by atoms with Crippen molar-refractivity contribution in [3.63, 3.8) is 0 Å². The van der Waals surface area contributed by atoms with Gasteiger partial charge in [-0.25, -0.2) is 9.79 Å². The standard InChI is InChI=1S/C17H24N2O2S.ClH/c1-6-11(2)15-10-22-17(19(15)4)18-14-8-7-13(9-12(14)3)16(20)21-5;/h7-9,11,15H,6,10H2,1-5H3;1H/t11?,15-;/m1./s1. The number of amidine groups is 1. The molecule has 0 bridgehead atoms. The molecule has 1 aromatic rings. The monoisotopic (exact) mass is 356 g/mol. The van der Waals surface area contributed by atoms with Crippen LogP contribution in [-0.2, 0) is 4.74 Å². The Balaban J connectivity index is 0.00000264. The fraction of sp³-hybridized carbons (Fsp3) is 0.529. The molecule has 0 radical (unpaired) electrons. The summed E-state index contributed by atoms with van der Waals surface area (Å²) in [6, 6.07) is 6.03. The third kappa shape index (κ3) is 4.42. The van der Waals surface area contributed by atoms with Gasteiger partial charge in [-0.15, -0.1) is 12.4 Å². The van der Waals surface area contributed by atoms with E-state index in [-0.39, 0.29) is 18.4 Å². The predicted molar refractivity (Wildman–Crippen MR) is 100 cm³/mol. The first-order chi connectivity index (χ1) is 10.5. The van der Waals surface area contributed by atoms with Crippen LogP contribution in [-0.4, -0.2) is 42.0 Å². The molecule has 0 aromatic heterocycles. The average Bonchev–Trinajstić information content (AvgIpc) is 2.88. The Morgan fingerprint density at radius 3 is 2.78 bits per heavy atom. The van der Waals surface area contributed by atoms with Crippen molar-refractivity contribution in [2.75, 3.05) is 19.9 Å². The Kier molecular flexibility index (Phi) is 7.42. The number of ether oxygens (including phenoxy) is 1. The van der Waals surface area contributed by atoms with E-state index in [1.54, 1.807) is 17.8 Å². The fourth-order valence-electron chi connectivity index (χ4n) is 2.57. The number of hydrogen-bond donors (Lipinski definition) is 0. The highest BCUT2D eigenvalue weighted by molar-refractivity contribution is 8.14. The van der Waals surface area contributed by atoms with Crippen LogP contribution in [0, 0.1) is 12.8 Å². The first-order valence-corrected chi connectivity index (χ1v) is 8.59. The van der Waals surface area contributed by atoms with Crippen LogP contribution >= 0.6 is 24.2 Å². The average molecular weight is 357 g/mol. The van der Waals surface area contributed by atoms with Crippen LogP contribution in [0.3, 0.4) is 0 Å². The minimum absolute atomic E-state index is 0. The molecule has 0 spiro atoms. The van der Waals surface area contributed by atoms with Gasteiger partial charge in [-0.3, -0.25) is 0 Å². The topological polar surface area (TPSA) is 41.9 Å². The lowest BCUT2D eigenvalue weighted by molar-refractivity contribution is 0.0600. The highest BCUT2D eigenvalue weighted by Gasteiger charge is 2.30. The molecule has 6 heteroatoms. The summed E-state index contributed by atoms with van der Waals surface area (Å²) in [6.07, 6.45) is 1.18. The molecule has 0 amide bonds. The number of rotatable bonds is 4. The lowest BCUT2D eigenvalue weighted by Gasteiger charge is -2.25. The highest BCUT2D eigenvalue weighted by Crippen LogP contribution is 2.31. The number of thioether (sulfide) groups is 1. The summed E-state index contributed by atoms with van der Waals surface area (Å²) in [5.41, 5.74) is 2.46. The highest BCUT2D eigenvalue weighted by atomic mass is 35.5. The van der Waals surface area contributed by atoms with Crippen molar-refractivity contribution in [2.24, 2.45) is 10.9 Å². The third-order valence-electron chi connectivity index (χ3n) is 4.32. The van der Waals surface area contributed by atoms with Crippen LogP contribution < -0.4 is 0 Å². The molecule has 4 nitrogen and oxygen atoms in total. The number of benzene rings is 1. The predicted octanol–water partition coefficient (Wildman–Crippen LogP) is 4.28. The van der Waals surface area contributed by atoms with Gasteiger partial charge >= 0.3 is 5.97 Å². The first-order valence-electron chi connectivity index (χ1n) is 7.61. The molecule has 128 valence electrons. The molecular formula is C17H25ClN2O2S. The minimum Gasteiger partial charge on any atom is -0.465 e. The molecule has 1 aliphatic rings. The lowest BCUT2D eigenvalue weighted by Crippen LogP contribution is -2.34. The third-order valence-corrected chi connectivity index (χ3v) is 5.46. The van der Waals surface area contributed by atoms with Gasteiger partial charge in [-0.2, -0.15) is 0 Å². The van der Waals surface area contributed by atoms with E-state index in [1.807, 2.05) is 19.1 Å². The zero-order valence-corrected chi connectivity index (χ0v) is 16.0. The molecule has 0 saturated carbocycles. The summed E-state index contributed by atoms with van der Waals surface area (Å²) in [4.78, 5) is 18.6. The van der Waals surface area contributed by atoms with Gasteiger partial charge in [0.25, 0.3) is 0 Å². The number of aliphatic imine (C=N–C) groups is 1. The summed E-state index contributed by atoms with van der Waals surface area (Å²) in [5.74, 6) is 1.43. The van der Waals surface area contributed by atoms with Crippen molar-refractivity contribution in [1.29, 1.82) is 0 Å². The Labute approximate surface area is 149 Å². The van der Waals surface area contributed by atoms with E-state index in [4.69, 9.17) is 9.73 Å². The second-order valence-electron chi connectivity index (χ2n) is 5.76. The van der Waals surface area contributed by atoms with Gasteiger partial charge in [0.2, 0.25) is 0 Å². The molecule has 1 heterocycles. The van der Waals surface area contributed by atoms with Gasteiger partial charge in [0.15, 0.2) is 5.17 Å². The SMILES string of the molecule is CCC(C)[C@H]1CSC(=Nc2ccc(C(=O)OC)cc2C)N1C.Cl. The Morgan fingerprint density at radius 2 is 2.22 bits per heavy atom. The molecule has 0 N–H and O–H groups in total. The van der Waals surface area contributed by atoms with Crippen molar-refractivity contribution in [3.8, 4) is 0 Å². The van der Waals surface area contributed by atoms with Gasteiger partial charge < -0.3 is 9.64 Å². The molecule has 23 heavy (non-hydrogen) atoms. The van der Waals surface area contributed by atoms with Crippen LogP contribution in [0.25, 0.3) is 0 Å². The van der Waals surface area contributed by atoms with Gasteiger partial charge in [0, 0.05) is 18.8 Å². The number of carbonyl (C=O) groups excluding carboxylic acids is 1. The number of carbonyl (C=O) groups is 1. The lowest BCUT2D eigenvalue weighted by atomic mass is 10.0. The van der Waals surface area contributed by atoms with E-state index in [0.717, 1.165) is 22.2 Å². The molecule has 2 rings (SSSR count). The number of methoxy groups -OCH3 is 1. The van der Waals surface area contributed by atoms with Crippen molar-refractivity contribution in [3.05, 3.63) is 29.3 Å². The molecule has 1 unspecified atom stereocenters. The van der Waals surface area contributed by atoms with E-state index in [2.05, 4.69) is 25.8 Å². The van der Waals surface area contributed by atoms with Gasteiger partial charge in [0.05, 0.1) is 18.4 Å². The molecule has 1 aromatic carbocycles. The van der Waals surface area contributed by atoms with Crippen LogP contribution in [0.5, 0.6) is 0 Å². The zero-order valence-electron chi connectivity index (χ0n) is 14.3. The van der Waals surface area contributed by atoms with E-state index in [0.29, 0.717) is 17.5 Å². The Morgan fingerprint density at radius 1 is 1.52 bits per heavy atom. The van der Waals surface area contributed by atoms with E-state index in [1.165, 1.54) is 13.5 Å². The number of nitrogens with zero attached hydrogens (tertiary/aromatic N) is 2. The summed E-state index contributed by atoms with van der Waals surface area (Å²) in [6.45, 7) is 6.49. The fourth-order valence-corrected chi connectivity index (χ4v) is 3.95. The normalized spacial score (nSPS) is 20.3. The first kappa shape index (κ1) is 19.8. The van der Waals surface area contributed by atoms with Gasteiger partial charge in [-0.1, -0.05) is 32.0 Å². The summed E-state index contributed by atoms with van der Waals surface area (Å²) < 4.78 is 4.75. The summed E-state index contributed by atoms with van der Waals surface area (Å²) in [5, 5.41) is 1.05. The Hall–Kier alpha value is -1.20. The summed E-state index contributed by atoms with van der Waals surface area (Å²) >= 11 is 1.81. The number of hydrogen-bond acceptors (Lipinski definition) is 4. The zero-order chi connectivity index (χ0) is 16.3. The smallest absolute Gasteiger partial charge is 0.337 e.